The molecule has 4 rings (SSSR count). The number of benzene rings is 1. The number of hydrogen-bond acceptors (Lipinski definition) is 10. The van der Waals surface area contributed by atoms with Crippen LogP contribution in [-0.2, 0) is 0 Å². The van der Waals surface area contributed by atoms with Crippen LogP contribution in [-0.4, -0.2) is 57.9 Å². The first-order chi connectivity index (χ1) is 17.7. The normalized spacial score (nSPS) is 14.5. The number of nitrogens with zero attached hydrogens (tertiary/aromatic N) is 4. The molecular formula is C26H32FN7O2S. The van der Waals surface area contributed by atoms with E-state index in [2.05, 4.69) is 38.4 Å². The van der Waals surface area contributed by atoms with Gasteiger partial charge in [-0.15, -0.1) is 0 Å². The summed E-state index contributed by atoms with van der Waals surface area (Å²) in [5.41, 5.74) is 7.55. The van der Waals surface area contributed by atoms with Gasteiger partial charge < -0.3 is 30.2 Å². The third-order valence-corrected chi connectivity index (χ3v) is 6.95. The van der Waals surface area contributed by atoms with Crippen molar-refractivity contribution in [3.63, 3.8) is 0 Å². The maximum atomic E-state index is 15.0. The SMILES string of the molecule is COc1ccnc(SNc2ccc(-c3nc(N)c(C(C)=N)c(OC4CCN(C(C)C)CC4)n3)cc2F)c1. The number of nitrogen functional groups attached to an aromatic ring is 1. The summed E-state index contributed by atoms with van der Waals surface area (Å²) in [6.45, 7) is 7.85. The van der Waals surface area contributed by atoms with Gasteiger partial charge in [-0.3, -0.25) is 0 Å². The highest BCUT2D eigenvalue weighted by Crippen LogP contribution is 2.31. The van der Waals surface area contributed by atoms with E-state index in [9.17, 15) is 4.39 Å². The topological polar surface area (TPSA) is 122 Å². The summed E-state index contributed by atoms with van der Waals surface area (Å²) < 4.78 is 29.4. The lowest BCUT2D eigenvalue weighted by Crippen LogP contribution is -2.42. The summed E-state index contributed by atoms with van der Waals surface area (Å²) in [5, 5.41) is 8.81. The molecule has 37 heavy (non-hydrogen) atoms. The van der Waals surface area contributed by atoms with E-state index in [0.717, 1.165) is 25.9 Å². The minimum absolute atomic E-state index is 0.0409. The molecule has 0 radical (unpaired) electrons. The van der Waals surface area contributed by atoms with Gasteiger partial charge in [-0.2, -0.15) is 4.98 Å². The molecule has 0 aliphatic carbocycles. The second-order valence-electron chi connectivity index (χ2n) is 9.12. The third-order valence-electron chi connectivity index (χ3n) is 6.20. The van der Waals surface area contributed by atoms with Gasteiger partial charge >= 0.3 is 0 Å². The Balaban J connectivity index is 1.53. The molecule has 1 saturated heterocycles. The molecule has 11 heteroatoms. The molecule has 9 nitrogen and oxygen atoms in total. The van der Waals surface area contributed by atoms with E-state index in [1.807, 2.05) is 0 Å². The molecule has 196 valence electrons. The Kier molecular flexibility index (Phi) is 8.45. The minimum atomic E-state index is -0.481. The first kappa shape index (κ1) is 26.6. The zero-order valence-corrected chi connectivity index (χ0v) is 22.2. The number of pyridine rings is 1. The summed E-state index contributed by atoms with van der Waals surface area (Å²) in [7, 11) is 1.58. The van der Waals surface area contributed by atoms with E-state index in [1.54, 1.807) is 44.5 Å². The largest absolute Gasteiger partial charge is 0.497 e. The highest BCUT2D eigenvalue weighted by Gasteiger charge is 2.25. The molecule has 3 aromatic rings. The highest BCUT2D eigenvalue weighted by molar-refractivity contribution is 8.00. The van der Waals surface area contributed by atoms with Gasteiger partial charge in [0.05, 0.1) is 18.4 Å². The van der Waals surface area contributed by atoms with Crippen molar-refractivity contribution >= 4 is 29.2 Å². The van der Waals surface area contributed by atoms with Crippen LogP contribution in [0.2, 0.25) is 0 Å². The molecular weight excluding hydrogens is 493 g/mol. The molecule has 0 amide bonds. The maximum absolute atomic E-state index is 15.0. The molecule has 1 aromatic carbocycles. The van der Waals surface area contributed by atoms with Crippen molar-refractivity contribution < 1.29 is 13.9 Å². The minimum Gasteiger partial charge on any atom is -0.497 e. The van der Waals surface area contributed by atoms with Crippen molar-refractivity contribution in [1.29, 1.82) is 5.41 Å². The van der Waals surface area contributed by atoms with Crippen molar-refractivity contribution in [3.05, 3.63) is 47.9 Å². The lowest BCUT2D eigenvalue weighted by molar-refractivity contribution is 0.0812. The van der Waals surface area contributed by atoms with E-state index in [0.29, 0.717) is 27.9 Å². The van der Waals surface area contributed by atoms with E-state index >= 15 is 0 Å². The number of ether oxygens (including phenoxy) is 2. The smallest absolute Gasteiger partial charge is 0.228 e. The fourth-order valence-electron chi connectivity index (χ4n) is 4.11. The van der Waals surface area contributed by atoms with Crippen LogP contribution in [0.25, 0.3) is 11.4 Å². The molecule has 0 atom stereocenters. The lowest BCUT2D eigenvalue weighted by atomic mass is 10.1. The van der Waals surface area contributed by atoms with Crippen molar-refractivity contribution in [2.45, 2.75) is 50.8 Å². The van der Waals surface area contributed by atoms with Gasteiger partial charge in [0.15, 0.2) is 5.82 Å². The van der Waals surface area contributed by atoms with Crippen LogP contribution < -0.4 is 19.9 Å². The standard InChI is InChI=1S/C26H32FN7O2S/c1-15(2)34-11-8-18(9-12-34)36-26-23(16(3)28)24(29)31-25(32-26)17-5-6-21(20(27)13-17)33-37-22-14-19(35-4)7-10-30-22/h5-7,10,13-15,18,28,33H,8-9,11-12H2,1-4H3,(H2,29,31,32). The molecule has 0 bridgehead atoms. The Bertz CT molecular complexity index is 1270. The molecule has 1 aliphatic heterocycles. The molecule has 4 N–H and O–H groups in total. The third kappa shape index (κ3) is 6.47. The van der Waals surface area contributed by atoms with Gasteiger partial charge in [0.1, 0.15) is 28.5 Å². The van der Waals surface area contributed by atoms with Gasteiger partial charge in [0.25, 0.3) is 0 Å². The van der Waals surface area contributed by atoms with Crippen LogP contribution in [0.15, 0.2) is 41.6 Å². The number of nitrogens with two attached hydrogens (primary N) is 1. The van der Waals surface area contributed by atoms with Crippen LogP contribution in [0.3, 0.4) is 0 Å². The number of methoxy groups -OCH3 is 1. The van der Waals surface area contributed by atoms with Crippen LogP contribution in [0.5, 0.6) is 11.6 Å². The van der Waals surface area contributed by atoms with E-state index < -0.39 is 5.82 Å². The first-order valence-corrected chi connectivity index (χ1v) is 12.9. The van der Waals surface area contributed by atoms with Gasteiger partial charge in [-0.05, 0) is 57.9 Å². The van der Waals surface area contributed by atoms with E-state index in [4.69, 9.17) is 20.6 Å². The maximum Gasteiger partial charge on any atom is 0.228 e. The Morgan fingerprint density at radius 1 is 1.22 bits per heavy atom. The fourth-order valence-corrected chi connectivity index (χ4v) is 4.78. The summed E-state index contributed by atoms with van der Waals surface area (Å²) in [4.78, 5) is 15.6. The Hall–Kier alpha value is -3.44. The zero-order chi connectivity index (χ0) is 26.5. The molecule has 0 saturated carbocycles. The first-order valence-electron chi connectivity index (χ1n) is 12.1. The van der Waals surface area contributed by atoms with Gasteiger partial charge in [-0.1, -0.05) is 0 Å². The second-order valence-corrected chi connectivity index (χ2v) is 9.94. The van der Waals surface area contributed by atoms with Crippen molar-refractivity contribution in [3.8, 4) is 23.0 Å². The Labute approximate surface area is 220 Å². The Morgan fingerprint density at radius 2 is 1.97 bits per heavy atom. The number of rotatable bonds is 9. The summed E-state index contributed by atoms with van der Waals surface area (Å²) in [6.07, 6.45) is 3.28. The van der Waals surface area contributed by atoms with Crippen molar-refractivity contribution in [2.24, 2.45) is 0 Å². The number of hydrogen-bond donors (Lipinski definition) is 3. The van der Waals surface area contributed by atoms with Crippen LogP contribution >= 0.6 is 11.9 Å². The number of piperidine rings is 1. The molecule has 1 fully saturated rings. The fraction of sp³-hybridized carbons (Fsp3) is 0.385. The quantitative estimate of drug-likeness (QED) is 0.261. The zero-order valence-electron chi connectivity index (χ0n) is 21.4. The van der Waals surface area contributed by atoms with Gasteiger partial charge in [0, 0.05) is 54.6 Å². The van der Waals surface area contributed by atoms with Gasteiger partial charge in [-0.25, -0.2) is 14.4 Å². The summed E-state index contributed by atoms with van der Waals surface area (Å²) in [5.74, 6) is 0.821. The van der Waals surface area contributed by atoms with Crippen LogP contribution in [0.1, 0.15) is 39.2 Å². The van der Waals surface area contributed by atoms with E-state index in [1.165, 1.54) is 18.0 Å². The average molecular weight is 526 g/mol. The predicted octanol–water partition coefficient (Wildman–Crippen LogP) is 5.03. The molecule has 2 aromatic heterocycles. The number of aromatic nitrogens is 3. The number of anilines is 2. The second kappa shape index (κ2) is 11.7. The molecule has 3 heterocycles. The molecule has 0 unspecified atom stereocenters. The van der Waals surface area contributed by atoms with E-state index in [-0.39, 0.29) is 35.0 Å². The highest BCUT2D eigenvalue weighted by atomic mass is 32.2. The molecule has 0 spiro atoms. The Morgan fingerprint density at radius 3 is 2.62 bits per heavy atom. The lowest BCUT2D eigenvalue weighted by Gasteiger charge is -2.34. The van der Waals surface area contributed by atoms with Gasteiger partial charge in [0.2, 0.25) is 5.88 Å². The average Bonchev–Trinajstić information content (AvgIpc) is 2.88. The van der Waals surface area contributed by atoms with Crippen molar-refractivity contribution in [1.82, 2.24) is 19.9 Å². The number of likely N-dealkylation sites (tertiary alicyclic amines) is 1. The monoisotopic (exact) mass is 525 g/mol. The van der Waals surface area contributed by atoms with Crippen LogP contribution in [0, 0.1) is 11.2 Å². The predicted molar refractivity (Wildman–Crippen MR) is 145 cm³/mol. The van der Waals surface area contributed by atoms with Crippen LogP contribution in [0.4, 0.5) is 15.9 Å². The van der Waals surface area contributed by atoms with Crippen molar-refractivity contribution in [2.75, 3.05) is 30.7 Å². The summed E-state index contributed by atoms with van der Waals surface area (Å²) in [6, 6.07) is 8.64. The molecule has 1 aliphatic rings. The summed E-state index contributed by atoms with van der Waals surface area (Å²) >= 11 is 1.17. The number of nitrogens with one attached hydrogen (secondary N) is 2. The number of halogens is 1.